The molecule has 78 valence electrons. The van der Waals surface area contributed by atoms with E-state index in [1.54, 1.807) is 0 Å². The van der Waals surface area contributed by atoms with Gasteiger partial charge in [0.15, 0.2) is 0 Å². The standard InChI is InChI=1S/C14H12N2/c1-11-14(6-4-7-15-11)12-9-13-5-2-3-8-16(13)10-12/h2-10H,1H3. The van der Waals surface area contributed by atoms with Crippen molar-refractivity contribution in [3.05, 3.63) is 60.7 Å². The lowest BCUT2D eigenvalue weighted by atomic mass is 10.1. The number of pyridine rings is 2. The van der Waals surface area contributed by atoms with Crippen LogP contribution in [0.4, 0.5) is 0 Å². The minimum atomic E-state index is 1.07. The molecule has 3 heterocycles. The molecule has 0 aromatic carbocycles. The van der Waals surface area contributed by atoms with E-state index in [1.165, 1.54) is 16.6 Å². The van der Waals surface area contributed by atoms with Crippen LogP contribution in [0.15, 0.2) is 55.0 Å². The lowest BCUT2D eigenvalue weighted by Gasteiger charge is -2.00. The van der Waals surface area contributed by atoms with Crippen LogP contribution in [0.5, 0.6) is 0 Å². The van der Waals surface area contributed by atoms with E-state index in [0.29, 0.717) is 0 Å². The summed E-state index contributed by atoms with van der Waals surface area (Å²) in [6, 6.07) is 12.5. The predicted molar refractivity (Wildman–Crippen MR) is 65.4 cm³/mol. The van der Waals surface area contributed by atoms with Crippen LogP contribution in [0.2, 0.25) is 0 Å². The monoisotopic (exact) mass is 208 g/mol. The van der Waals surface area contributed by atoms with Gasteiger partial charge in [0.1, 0.15) is 0 Å². The maximum absolute atomic E-state index is 4.32. The van der Waals surface area contributed by atoms with E-state index in [0.717, 1.165) is 5.69 Å². The molecule has 0 bridgehead atoms. The quantitative estimate of drug-likeness (QED) is 0.599. The Morgan fingerprint density at radius 2 is 2.06 bits per heavy atom. The second kappa shape index (κ2) is 3.49. The van der Waals surface area contributed by atoms with E-state index >= 15 is 0 Å². The van der Waals surface area contributed by atoms with Gasteiger partial charge in [-0.25, -0.2) is 0 Å². The van der Waals surface area contributed by atoms with Crippen molar-refractivity contribution in [1.82, 2.24) is 9.38 Å². The smallest absolute Gasteiger partial charge is 0.0456 e. The van der Waals surface area contributed by atoms with Crippen molar-refractivity contribution in [2.45, 2.75) is 6.92 Å². The molecule has 0 aliphatic carbocycles. The molecule has 0 atom stereocenters. The van der Waals surface area contributed by atoms with E-state index in [-0.39, 0.29) is 0 Å². The fourth-order valence-corrected chi connectivity index (χ4v) is 1.99. The normalized spacial score (nSPS) is 10.8. The largest absolute Gasteiger partial charge is 0.323 e. The molecule has 16 heavy (non-hydrogen) atoms. The van der Waals surface area contributed by atoms with Crippen molar-refractivity contribution in [2.75, 3.05) is 0 Å². The van der Waals surface area contributed by atoms with Crippen LogP contribution in [0.3, 0.4) is 0 Å². The molecule has 0 unspecified atom stereocenters. The van der Waals surface area contributed by atoms with Crippen molar-refractivity contribution < 1.29 is 0 Å². The molecular formula is C14H12N2. The summed E-state index contributed by atoms with van der Waals surface area (Å²) in [5.74, 6) is 0. The molecule has 3 aromatic rings. The lowest BCUT2D eigenvalue weighted by Crippen LogP contribution is -1.84. The van der Waals surface area contributed by atoms with Crippen molar-refractivity contribution in [3.63, 3.8) is 0 Å². The second-order valence-corrected chi connectivity index (χ2v) is 3.90. The highest BCUT2D eigenvalue weighted by molar-refractivity contribution is 5.71. The Balaban J connectivity index is 2.23. The average molecular weight is 208 g/mol. The minimum absolute atomic E-state index is 1.07. The maximum atomic E-state index is 4.32. The highest BCUT2D eigenvalue weighted by atomic mass is 14.8. The van der Waals surface area contributed by atoms with Gasteiger partial charge in [-0.2, -0.15) is 0 Å². The molecule has 0 fully saturated rings. The average Bonchev–Trinajstić information content (AvgIpc) is 2.73. The highest BCUT2D eigenvalue weighted by Gasteiger charge is 2.04. The fraction of sp³-hybridized carbons (Fsp3) is 0.0714. The zero-order valence-electron chi connectivity index (χ0n) is 9.09. The van der Waals surface area contributed by atoms with Gasteiger partial charge in [0, 0.05) is 40.9 Å². The van der Waals surface area contributed by atoms with Gasteiger partial charge in [-0.1, -0.05) is 12.1 Å². The van der Waals surface area contributed by atoms with E-state index in [2.05, 4.69) is 46.0 Å². The number of hydrogen-bond donors (Lipinski definition) is 0. The van der Waals surface area contributed by atoms with Crippen LogP contribution >= 0.6 is 0 Å². The Morgan fingerprint density at radius 1 is 1.12 bits per heavy atom. The highest BCUT2D eigenvalue weighted by Crippen LogP contribution is 2.24. The molecular weight excluding hydrogens is 196 g/mol. The third-order valence-electron chi connectivity index (χ3n) is 2.82. The van der Waals surface area contributed by atoms with E-state index in [4.69, 9.17) is 0 Å². The first-order valence-electron chi connectivity index (χ1n) is 5.33. The molecule has 0 aliphatic rings. The Bertz CT molecular complexity index is 605. The molecule has 3 aromatic heterocycles. The summed E-state index contributed by atoms with van der Waals surface area (Å²) in [5, 5.41) is 0. The van der Waals surface area contributed by atoms with Crippen molar-refractivity contribution in [1.29, 1.82) is 0 Å². The van der Waals surface area contributed by atoms with Gasteiger partial charge in [0.25, 0.3) is 0 Å². The number of hydrogen-bond acceptors (Lipinski definition) is 1. The maximum Gasteiger partial charge on any atom is 0.0456 e. The Morgan fingerprint density at radius 3 is 2.88 bits per heavy atom. The van der Waals surface area contributed by atoms with Crippen molar-refractivity contribution in [2.24, 2.45) is 0 Å². The molecule has 0 amide bonds. The van der Waals surface area contributed by atoms with E-state index < -0.39 is 0 Å². The Kier molecular flexibility index (Phi) is 2.00. The van der Waals surface area contributed by atoms with Gasteiger partial charge in [-0.05, 0) is 31.2 Å². The molecule has 0 saturated carbocycles. The third-order valence-corrected chi connectivity index (χ3v) is 2.82. The van der Waals surface area contributed by atoms with Crippen LogP contribution in [0.25, 0.3) is 16.6 Å². The van der Waals surface area contributed by atoms with Crippen LogP contribution in [-0.2, 0) is 0 Å². The van der Waals surface area contributed by atoms with Crippen LogP contribution in [0, 0.1) is 6.92 Å². The summed E-state index contributed by atoms with van der Waals surface area (Å²) in [7, 11) is 0. The van der Waals surface area contributed by atoms with Gasteiger partial charge in [-0.15, -0.1) is 0 Å². The topological polar surface area (TPSA) is 17.3 Å². The summed E-state index contributed by atoms with van der Waals surface area (Å²) >= 11 is 0. The predicted octanol–water partition coefficient (Wildman–Crippen LogP) is 3.31. The van der Waals surface area contributed by atoms with Gasteiger partial charge >= 0.3 is 0 Å². The van der Waals surface area contributed by atoms with Gasteiger partial charge in [0.05, 0.1) is 0 Å². The first-order valence-corrected chi connectivity index (χ1v) is 5.33. The molecule has 0 saturated heterocycles. The van der Waals surface area contributed by atoms with Gasteiger partial charge in [-0.3, -0.25) is 4.98 Å². The SMILES string of the molecule is Cc1ncccc1-c1cc2ccccn2c1. The molecule has 3 rings (SSSR count). The molecule has 0 aliphatic heterocycles. The summed E-state index contributed by atoms with van der Waals surface area (Å²) in [5.41, 5.74) is 4.70. The van der Waals surface area contributed by atoms with Crippen LogP contribution < -0.4 is 0 Å². The van der Waals surface area contributed by atoms with Gasteiger partial charge < -0.3 is 4.40 Å². The number of aromatic nitrogens is 2. The minimum Gasteiger partial charge on any atom is -0.323 e. The lowest BCUT2D eigenvalue weighted by molar-refractivity contribution is 1.19. The number of aryl methyl sites for hydroxylation is 1. The molecule has 0 N–H and O–H groups in total. The summed E-state index contributed by atoms with van der Waals surface area (Å²) < 4.78 is 2.13. The number of rotatable bonds is 1. The number of fused-ring (bicyclic) bond motifs is 1. The number of nitrogens with zero attached hydrogens (tertiary/aromatic N) is 2. The van der Waals surface area contributed by atoms with E-state index in [9.17, 15) is 0 Å². The van der Waals surface area contributed by atoms with E-state index in [1.807, 2.05) is 25.3 Å². The zero-order chi connectivity index (χ0) is 11.0. The first kappa shape index (κ1) is 9.16. The summed E-state index contributed by atoms with van der Waals surface area (Å²) in [4.78, 5) is 4.32. The third kappa shape index (κ3) is 1.39. The Labute approximate surface area is 94.2 Å². The first-order chi connectivity index (χ1) is 7.84. The zero-order valence-corrected chi connectivity index (χ0v) is 9.09. The van der Waals surface area contributed by atoms with Crippen LogP contribution in [0.1, 0.15) is 5.69 Å². The molecule has 2 heteroatoms. The second-order valence-electron chi connectivity index (χ2n) is 3.90. The molecule has 0 radical (unpaired) electrons. The molecule has 0 spiro atoms. The van der Waals surface area contributed by atoms with Crippen LogP contribution in [-0.4, -0.2) is 9.38 Å². The van der Waals surface area contributed by atoms with Crippen molar-refractivity contribution in [3.8, 4) is 11.1 Å². The fourth-order valence-electron chi connectivity index (χ4n) is 1.99. The molecule has 2 nitrogen and oxygen atoms in total. The summed E-state index contributed by atoms with van der Waals surface area (Å²) in [6.45, 7) is 2.04. The van der Waals surface area contributed by atoms with Crippen molar-refractivity contribution >= 4 is 5.52 Å². The summed E-state index contributed by atoms with van der Waals surface area (Å²) in [6.07, 6.45) is 6.03. The van der Waals surface area contributed by atoms with Gasteiger partial charge in [0.2, 0.25) is 0 Å². The Hall–Kier alpha value is -2.09.